The van der Waals surface area contributed by atoms with Gasteiger partial charge in [0.05, 0.1) is 31.4 Å². The Morgan fingerprint density at radius 2 is 2.33 bits per heavy atom. The van der Waals surface area contributed by atoms with E-state index in [0.29, 0.717) is 11.6 Å². The van der Waals surface area contributed by atoms with Crippen LogP contribution in [0.15, 0.2) is 35.4 Å². The highest BCUT2D eigenvalue weighted by Gasteiger charge is 2.12. The molecule has 2 heterocycles. The molecule has 0 fully saturated rings. The van der Waals surface area contributed by atoms with Crippen molar-refractivity contribution in [2.45, 2.75) is 6.04 Å². The Kier molecular flexibility index (Phi) is 2.64. The van der Waals surface area contributed by atoms with Gasteiger partial charge in [-0.1, -0.05) is 0 Å². The van der Waals surface area contributed by atoms with Crippen LogP contribution >= 0.6 is 0 Å². The first-order chi connectivity index (χ1) is 7.31. The first kappa shape index (κ1) is 9.67. The fourth-order valence-corrected chi connectivity index (χ4v) is 1.26. The van der Waals surface area contributed by atoms with Crippen LogP contribution in [-0.2, 0) is 0 Å². The van der Waals surface area contributed by atoms with Crippen molar-refractivity contribution in [3.8, 4) is 5.88 Å². The van der Waals surface area contributed by atoms with Crippen LogP contribution in [0, 0.1) is 0 Å². The summed E-state index contributed by atoms with van der Waals surface area (Å²) in [4.78, 5) is 7.99. The summed E-state index contributed by atoms with van der Waals surface area (Å²) in [6.45, 7) is 0. The van der Waals surface area contributed by atoms with E-state index in [4.69, 9.17) is 14.9 Å². The minimum Gasteiger partial charge on any atom is -0.481 e. The van der Waals surface area contributed by atoms with Gasteiger partial charge in [0.25, 0.3) is 0 Å². The Morgan fingerprint density at radius 3 is 3.00 bits per heavy atom. The number of nitrogens with zero attached hydrogens (tertiary/aromatic N) is 2. The molecule has 1 atom stereocenters. The predicted octanol–water partition coefficient (Wildman–Crippen LogP) is 1.13. The summed E-state index contributed by atoms with van der Waals surface area (Å²) in [5.41, 5.74) is 7.55. The van der Waals surface area contributed by atoms with E-state index in [1.807, 2.05) is 0 Å². The van der Waals surface area contributed by atoms with Crippen molar-refractivity contribution in [1.29, 1.82) is 0 Å². The molecule has 2 aromatic rings. The smallest absolute Gasteiger partial charge is 0.216 e. The van der Waals surface area contributed by atoms with Crippen molar-refractivity contribution < 1.29 is 9.15 Å². The maximum absolute atomic E-state index is 5.98. The van der Waals surface area contributed by atoms with Crippen LogP contribution in [-0.4, -0.2) is 17.1 Å². The van der Waals surface area contributed by atoms with E-state index in [1.54, 1.807) is 31.8 Å². The van der Waals surface area contributed by atoms with Gasteiger partial charge >= 0.3 is 0 Å². The molecular weight excluding hydrogens is 194 g/mol. The zero-order valence-corrected chi connectivity index (χ0v) is 8.25. The molecule has 0 aliphatic heterocycles. The lowest BCUT2D eigenvalue weighted by molar-refractivity contribution is 0.395. The number of aromatic nitrogens is 2. The second-order valence-electron chi connectivity index (χ2n) is 3.02. The van der Waals surface area contributed by atoms with Crippen LogP contribution in [0.1, 0.15) is 17.3 Å². The Hall–Kier alpha value is -1.88. The normalized spacial score (nSPS) is 12.4. The molecule has 15 heavy (non-hydrogen) atoms. The highest BCUT2D eigenvalue weighted by Crippen LogP contribution is 2.19. The van der Waals surface area contributed by atoms with E-state index in [2.05, 4.69) is 9.97 Å². The average Bonchev–Trinajstić information content (AvgIpc) is 2.81. The van der Waals surface area contributed by atoms with E-state index in [1.165, 1.54) is 6.33 Å². The summed E-state index contributed by atoms with van der Waals surface area (Å²) in [6, 6.07) is 3.19. The van der Waals surface area contributed by atoms with Crippen molar-refractivity contribution >= 4 is 0 Å². The molecule has 0 aliphatic rings. The van der Waals surface area contributed by atoms with Crippen molar-refractivity contribution in [3.63, 3.8) is 0 Å². The third-order valence-electron chi connectivity index (χ3n) is 2.09. The van der Waals surface area contributed by atoms with Crippen molar-refractivity contribution in [1.82, 2.24) is 9.97 Å². The van der Waals surface area contributed by atoms with Crippen LogP contribution in [0.5, 0.6) is 5.88 Å². The molecule has 0 radical (unpaired) electrons. The zero-order valence-electron chi connectivity index (χ0n) is 8.25. The monoisotopic (exact) mass is 205 g/mol. The Morgan fingerprint density at radius 1 is 1.47 bits per heavy atom. The summed E-state index contributed by atoms with van der Waals surface area (Å²) in [5, 5.41) is 0. The number of rotatable bonds is 3. The second kappa shape index (κ2) is 4.10. The van der Waals surface area contributed by atoms with Crippen molar-refractivity contribution in [3.05, 3.63) is 42.2 Å². The third kappa shape index (κ3) is 1.97. The van der Waals surface area contributed by atoms with E-state index < -0.39 is 0 Å². The number of ether oxygens (including phenoxy) is 1. The highest BCUT2D eigenvalue weighted by atomic mass is 16.5. The molecule has 0 aliphatic carbocycles. The molecule has 1 unspecified atom stereocenters. The van der Waals surface area contributed by atoms with Crippen LogP contribution in [0.25, 0.3) is 0 Å². The van der Waals surface area contributed by atoms with E-state index >= 15 is 0 Å². The van der Waals surface area contributed by atoms with Crippen molar-refractivity contribution in [2.75, 3.05) is 7.11 Å². The van der Waals surface area contributed by atoms with Gasteiger partial charge < -0.3 is 14.9 Å². The number of hydrogen-bond acceptors (Lipinski definition) is 5. The maximum atomic E-state index is 5.98. The van der Waals surface area contributed by atoms with Gasteiger partial charge in [0.2, 0.25) is 5.88 Å². The van der Waals surface area contributed by atoms with E-state index in [-0.39, 0.29) is 6.04 Å². The Labute approximate surface area is 86.9 Å². The van der Waals surface area contributed by atoms with E-state index in [9.17, 15) is 0 Å². The van der Waals surface area contributed by atoms with Gasteiger partial charge in [-0.05, 0) is 6.07 Å². The fourth-order valence-electron chi connectivity index (χ4n) is 1.26. The topological polar surface area (TPSA) is 74.2 Å². The van der Waals surface area contributed by atoms with Gasteiger partial charge in [-0.2, -0.15) is 0 Å². The largest absolute Gasteiger partial charge is 0.481 e. The quantitative estimate of drug-likeness (QED) is 0.812. The Balaban J connectivity index is 2.29. The average molecular weight is 205 g/mol. The van der Waals surface area contributed by atoms with Gasteiger partial charge in [0.1, 0.15) is 6.33 Å². The van der Waals surface area contributed by atoms with Crippen LogP contribution in [0.2, 0.25) is 0 Å². The Bertz CT molecular complexity index is 428. The summed E-state index contributed by atoms with van der Waals surface area (Å²) in [6.07, 6.45) is 4.60. The number of nitrogens with two attached hydrogens (primary N) is 1. The summed E-state index contributed by atoms with van der Waals surface area (Å²) < 4.78 is 9.95. The van der Waals surface area contributed by atoms with Crippen molar-refractivity contribution in [2.24, 2.45) is 5.73 Å². The lowest BCUT2D eigenvalue weighted by atomic mass is 10.1. The van der Waals surface area contributed by atoms with E-state index in [0.717, 1.165) is 5.56 Å². The standard InChI is InChI=1S/C10H11N3O2/c1-14-9-4-8(12-6-13-9)10(11)7-2-3-15-5-7/h2-6,10H,11H2,1H3. The van der Waals surface area contributed by atoms with Gasteiger partial charge in [-0.15, -0.1) is 0 Å². The second-order valence-corrected chi connectivity index (χ2v) is 3.02. The molecule has 2 N–H and O–H groups in total. The molecule has 5 heteroatoms. The van der Waals surface area contributed by atoms with Crippen LogP contribution < -0.4 is 10.5 Å². The maximum Gasteiger partial charge on any atom is 0.216 e. The van der Waals surface area contributed by atoms with Gasteiger partial charge in [0.15, 0.2) is 0 Å². The molecule has 0 saturated heterocycles. The summed E-state index contributed by atoms with van der Waals surface area (Å²) >= 11 is 0. The van der Waals surface area contributed by atoms with Gasteiger partial charge in [-0.3, -0.25) is 0 Å². The minimum atomic E-state index is -0.319. The van der Waals surface area contributed by atoms with Crippen LogP contribution in [0.3, 0.4) is 0 Å². The molecule has 2 aromatic heterocycles. The zero-order chi connectivity index (χ0) is 10.7. The first-order valence-corrected chi connectivity index (χ1v) is 4.45. The summed E-state index contributed by atoms with van der Waals surface area (Å²) in [7, 11) is 1.55. The molecule has 2 rings (SSSR count). The predicted molar refractivity (Wildman–Crippen MR) is 53.3 cm³/mol. The number of hydrogen-bond donors (Lipinski definition) is 1. The third-order valence-corrected chi connectivity index (χ3v) is 2.09. The molecule has 0 amide bonds. The molecule has 0 spiro atoms. The molecule has 5 nitrogen and oxygen atoms in total. The molecular formula is C10H11N3O2. The van der Waals surface area contributed by atoms with Crippen LogP contribution in [0.4, 0.5) is 0 Å². The van der Waals surface area contributed by atoms with Gasteiger partial charge in [0, 0.05) is 11.6 Å². The first-order valence-electron chi connectivity index (χ1n) is 4.45. The molecule has 0 saturated carbocycles. The molecule has 0 bridgehead atoms. The highest BCUT2D eigenvalue weighted by molar-refractivity contribution is 5.25. The fraction of sp³-hybridized carbons (Fsp3) is 0.200. The lowest BCUT2D eigenvalue weighted by Gasteiger charge is -2.08. The lowest BCUT2D eigenvalue weighted by Crippen LogP contribution is -2.13. The molecule has 0 aromatic carbocycles. The van der Waals surface area contributed by atoms with Gasteiger partial charge in [-0.25, -0.2) is 9.97 Å². The SMILES string of the molecule is COc1cc(C(N)c2ccoc2)ncn1. The number of furan rings is 1. The summed E-state index contributed by atoms with van der Waals surface area (Å²) in [5.74, 6) is 0.499. The molecule has 78 valence electrons. The minimum absolute atomic E-state index is 0.319. The number of methoxy groups -OCH3 is 1.